The van der Waals surface area contributed by atoms with Crippen molar-refractivity contribution in [1.29, 1.82) is 0 Å². The highest BCUT2D eigenvalue weighted by Gasteiger charge is 2.28. The minimum atomic E-state index is -5.15. The van der Waals surface area contributed by atoms with E-state index in [1.165, 1.54) is 0 Å². The van der Waals surface area contributed by atoms with Crippen LogP contribution in [0, 0.1) is 0 Å². The van der Waals surface area contributed by atoms with E-state index in [0.29, 0.717) is 0 Å². The van der Waals surface area contributed by atoms with Crippen LogP contribution in [0.5, 0.6) is 0 Å². The molecule has 1 aliphatic rings. The van der Waals surface area contributed by atoms with Crippen LogP contribution in [0.4, 0.5) is 18.6 Å². The highest BCUT2D eigenvalue weighted by Crippen LogP contribution is 2.19. The fraction of sp³-hybridized carbons (Fsp3) is 0.111. The fourth-order valence-corrected chi connectivity index (χ4v) is 1.52. The maximum atomic E-state index is 12.5. The number of anilines is 1. The van der Waals surface area contributed by atoms with Crippen molar-refractivity contribution in [3.8, 4) is 0 Å². The number of fused-ring (bicyclic) bond motifs is 1. The summed E-state index contributed by atoms with van der Waals surface area (Å²) in [6.45, 7) is -5.40. The molecule has 8 heteroatoms. The molecule has 1 heterocycles. The summed E-state index contributed by atoms with van der Waals surface area (Å²) in [5.74, 6) is -1.12. The first-order valence-corrected chi connectivity index (χ1v) is 4.80. The van der Waals surface area contributed by atoms with Gasteiger partial charge in [0.1, 0.15) is 0 Å². The van der Waals surface area contributed by atoms with Gasteiger partial charge in [-0.2, -0.15) is 0 Å². The highest BCUT2D eigenvalue weighted by atomic mass is 19.4. The lowest BCUT2D eigenvalue weighted by Crippen LogP contribution is -2.34. The lowest BCUT2D eigenvalue weighted by atomic mass is 9.79. The summed E-state index contributed by atoms with van der Waals surface area (Å²) < 4.78 is 37.5. The van der Waals surface area contributed by atoms with Crippen LogP contribution >= 0.6 is 0 Å². The van der Waals surface area contributed by atoms with Crippen LogP contribution in [-0.4, -0.2) is 25.3 Å². The van der Waals surface area contributed by atoms with Gasteiger partial charge in [-0.1, -0.05) is 18.2 Å². The van der Waals surface area contributed by atoms with Crippen molar-refractivity contribution in [3.63, 3.8) is 0 Å². The van der Waals surface area contributed by atoms with Crippen molar-refractivity contribution in [2.24, 2.45) is 0 Å². The van der Waals surface area contributed by atoms with E-state index >= 15 is 0 Å². The maximum Gasteiger partial charge on any atom is 0.509 e. The number of halogens is 3. The molecule has 0 bridgehead atoms. The van der Waals surface area contributed by atoms with E-state index in [4.69, 9.17) is 0 Å². The van der Waals surface area contributed by atoms with Crippen molar-refractivity contribution in [3.05, 3.63) is 23.8 Å². The van der Waals surface area contributed by atoms with E-state index < -0.39 is 24.3 Å². The normalized spacial score (nSPS) is 15.7. The van der Waals surface area contributed by atoms with Gasteiger partial charge in [0.05, 0.1) is 17.8 Å². The van der Waals surface area contributed by atoms with Gasteiger partial charge < -0.3 is 23.6 Å². The van der Waals surface area contributed by atoms with Gasteiger partial charge in [0.25, 0.3) is 5.91 Å². The van der Waals surface area contributed by atoms with E-state index in [-0.39, 0.29) is 17.8 Å². The van der Waals surface area contributed by atoms with Crippen LogP contribution in [0.25, 0.3) is 0 Å². The Morgan fingerprint density at radius 2 is 1.88 bits per heavy atom. The van der Waals surface area contributed by atoms with E-state index in [1.807, 2.05) is 0 Å². The van der Waals surface area contributed by atoms with Crippen LogP contribution in [0.1, 0.15) is 10.4 Å². The molecule has 4 nitrogen and oxygen atoms in total. The Labute approximate surface area is 94.2 Å². The van der Waals surface area contributed by atoms with Gasteiger partial charge in [-0.3, -0.25) is 9.59 Å². The number of carbonyl (C=O) groups is 2. The van der Waals surface area contributed by atoms with E-state index in [9.17, 15) is 22.5 Å². The number of carbonyl (C=O) groups excluding carboxylic acids is 2. The van der Waals surface area contributed by atoms with Crippen LogP contribution in [0.2, 0.25) is 0 Å². The van der Waals surface area contributed by atoms with E-state index in [0.717, 1.165) is 18.2 Å². The first-order valence-electron chi connectivity index (χ1n) is 4.80. The number of benzene rings is 1. The van der Waals surface area contributed by atoms with E-state index in [2.05, 4.69) is 10.6 Å². The molecule has 0 fully saturated rings. The van der Waals surface area contributed by atoms with Crippen molar-refractivity contribution in [2.45, 2.75) is 0 Å². The maximum absolute atomic E-state index is 12.5. The Bertz CT molecular complexity index is 502. The number of nitrogens with one attached hydrogen (secondary N) is 2. The van der Waals surface area contributed by atoms with Gasteiger partial charge in [0.15, 0.2) is 0 Å². The molecule has 2 rings (SSSR count). The molecular weight excluding hydrogens is 236 g/mol. The number of amides is 2. The van der Waals surface area contributed by atoms with Crippen molar-refractivity contribution in [2.75, 3.05) is 11.9 Å². The van der Waals surface area contributed by atoms with Crippen LogP contribution in [0.15, 0.2) is 18.2 Å². The zero-order valence-corrected chi connectivity index (χ0v) is 8.47. The summed E-state index contributed by atoms with van der Waals surface area (Å²) >= 11 is 0. The third kappa shape index (κ3) is 2.25. The van der Waals surface area contributed by atoms with Crippen LogP contribution in [0.3, 0.4) is 0 Å². The number of hydrogen-bond acceptors (Lipinski definition) is 2. The largest absolute Gasteiger partial charge is 0.509 e. The quantitative estimate of drug-likeness (QED) is 0.702. The number of hydrogen-bond donors (Lipinski definition) is 2. The number of rotatable bonds is 1. The minimum Gasteiger partial charge on any atom is -0.445 e. The molecule has 0 saturated carbocycles. The molecule has 0 aliphatic carbocycles. The predicted molar refractivity (Wildman–Crippen MR) is 56.1 cm³/mol. The topological polar surface area (TPSA) is 58.2 Å². The third-order valence-corrected chi connectivity index (χ3v) is 2.35. The predicted octanol–water partition coefficient (Wildman–Crippen LogP) is 0.423. The first kappa shape index (κ1) is 11.5. The lowest BCUT2D eigenvalue weighted by Gasteiger charge is -2.16. The Hall–Kier alpha value is -1.99. The summed E-state index contributed by atoms with van der Waals surface area (Å²) in [5, 5.41) is 4.53. The smallest absolute Gasteiger partial charge is 0.445 e. The average molecular weight is 243 g/mol. The summed E-state index contributed by atoms with van der Waals surface area (Å²) in [4.78, 5) is 22.6. The van der Waals surface area contributed by atoms with Gasteiger partial charge in [0, 0.05) is 0 Å². The molecule has 0 atom stereocenters. The molecule has 1 aromatic rings. The SMILES string of the molecule is O=C1CNC(=O)c2ccc([B-](F)(F)F)cc2N1. The molecule has 0 radical (unpaired) electrons. The fourth-order valence-electron chi connectivity index (χ4n) is 1.52. The Morgan fingerprint density at radius 1 is 1.18 bits per heavy atom. The molecule has 0 unspecified atom stereocenters. The second-order valence-electron chi connectivity index (χ2n) is 3.61. The zero-order chi connectivity index (χ0) is 12.6. The van der Waals surface area contributed by atoms with Crippen LogP contribution in [-0.2, 0) is 4.79 Å². The van der Waals surface area contributed by atoms with Crippen molar-refractivity contribution in [1.82, 2.24) is 5.32 Å². The molecule has 1 aliphatic heterocycles. The first-order chi connectivity index (χ1) is 7.88. The van der Waals surface area contributed by atoms with Gasteiger partial charge in [-0.15, -0.1) is 5.46 Å². The Balaban J connectivity index is 2.50. The van der Waals surface area contributed by atoms with Crippen molar-refractivity contribution < 1.29 is 22.5 Å². The Morgan fingerprint density at radius 3 is 2.53 bits per heavy atom. The molecule has 0 aromatic heterocycles. The van der Waals surface area contributed by atoms with Gasteiger partial charge in [-0.25, -0.2) is 0 Å². The monoisotopic (exact) mass is 243 g/mol. The van der Waals surface area contributed by atoms with Gasteiger partial charge >= 0.3 is 6.98 Å². The molecule has 0 saturated heterocycles. The second kappa shape index (κ2) is 3.79. The third-order valence-electron chi connectivity index (χ3n) is 2.35. The Kier molecular flexibility index (Phi) is 2.57. The van der Waals surface area contributed by atoms with Crippen LogP contribution < -0.4 is 16.1 Å². The lowest BCUT2D eigenvalue weighted by molar-refractivity contribution is -0.115. The molecular formula is C9H7BF3N2O2-. The minimum absolute atomic E-state index is 0.0275. The molecule has 0 spiro atoms. The molecule has 2 N–H and O–H groups in total. The highest BCUT2D eigenvalue weighted by molar-refractivity contribution is 6.73. The summed E-state index contributed by atoms with van der Waals surface area (Å²) in [5.41, 5.74) is -0.930. The molecule has 2 amide bonds. The van der Waals surface area contributed by atoms with Gasteiger partial charge in [0.2, 0.25) is 5.91 Å². The summed E-state index contributed by atoms with van der Waals surface area (Å²) in [6.07, 6.45) is 0. The van der Waals surface area contributed by atoms with E-state index in [1.54, 1.807) is 0 Å². The molecule has 17 heavy (non-hydrogen) atoms. The molecule has 1 aromatic carbocycles. The average Bonchev–Trinajstić information content (AvgIpc) is 2.37. The summed E-state index contributed by atoms with van der Waals surface area (Å²) in [6, 6.07) is 2.66. The molecule has 90 valence electrons. The summed E-state index contributed by atoms with van der Waals surface area (Å²) in [7, 11) is 0. The second-order valence-corrected chi connectivity index (χ2v) is 3.61. The standard InChI is InChI=1S/C9H7BF3N2O2/c11-10(12,13)5-1-2-6-7(3-5)15-8(16)4-14-9(6)17/h1-3H,4H2,(H,14,17)(H,15,16)/q-1. The van der Waals surface area contributed by atoms with Crippen molar-refractivity contribution >= 4 is 29.9 Å². The van der Waals surface area contributed by atoms with Gasteiger partial charge in [-0.05, 0) is 0 Å². The zero-order valence-electron chi connectivity index (χ0n) is 8.47.